The molecular weight excluding hydrogens is 528 g/mol. The highest BCUT2D eigenvalue weighted by Crippen LogP contribution is 2.74. The normalized spacial score (nSPS) is 35.4. The monoisotopic (exact) mass is 564 g/mol. The minimum absolute atomic E-state index is 0.0566. The molecule has 3 aromatic rings. The summed E-state index contributed by atoms with van der Waals surface area (Å²) in [6, 6.07) is 25.5. The zero-order valence-corrected chi connectivity index (χ0v) is 24.0. The third-order valence-corrected chi connectivity index (χ3v) is 11.5. The number of likely N-dealkylation sites (tertiary alicyclic amines) is 2. The van der Waals surface area contributed by atoms with Crippen molar-refractivity contribution in [2.45, 2.75) is 67.5 Å². The molecule has 1 spiro atoms. The van der Waals surface area contributed by atoms with E-state index in [1.165, 1.54) is 16.7 Å². The van der Waals surface area contributed by atoms with Gasteiger partial charge in [-0.1, -0.05) is 66.7 Å². The van der Waals surface area contributed by atoms with Gasteiger partial charge in [-0.3, -0.25) is 9.69 Å². The SMILES string of the molecule is COc1ccc2c3c1OCOC14CCC56O[C@H](C(=O)N1Cc1ccccc1)C4C35CCN(CCc1ccccc1)C6C2. The standard InChI is InChI=1S/C35H36N2O5/c1-39-26-13-12-25-20-27-34-15-16-35-31(30(42-34)32(38)37(35)21-24-10-6-3-7-11-24)33(34,28(25)29(26)40-22-41-35)17-19-36(27)18-14-23-8-4-2-5-9-23/h2-13,27,30-31H,14-22H2,1H3/t27?,30-,31?,33?,34?,35?/m0/s1. The summed E-state index contributed by atoms with van der Waals surface area (Å²) in [6.45, 7) is 2.49. The topological polar surface area (TPSA) is 60.5 Å². The highest BCUT2D eigenvalue weighted by molar-refractivity contribution is 5.87. The summed E-state index contributed by atoms with van der Waals surface area (Å²) in [4.78, 5) is 19.1. The first-order valence-electron chi connectivity index (χ1n) is 15.4. The van der Waals surface area contributed by atoms with Gasteiger partial charge in [-0.15, -0.1) is 0 Å². The Hall–Kier alpha value is -3.39. The molecule has 2 aliphatic carbocycles. The van der Waals surface area contributed by atoms with E-state index in [1.54, 1.807) is 7.11 Å². The Morgan fingerprint density at radius 2 is 1.74 bits per heavy atom. The Balaban J connectivity index is 1.20. The van der Waals surface area contributed by atoms with Gasteiger partial charge in [0.25, 0.3) is 5.91 Å². The minimum Gasteiger partial charge on any atom is -0.493 e. The Bertz CT molecular complexity index is 1560. The van der Waals surface area contributed by atoms with Gasteiger partial charge in [-0.25, -0.2) is 0 Å². The van der Waals surface area contributed by atoms with Gasteiger partial charge in [0.2, 0.25) is 0 Å². The molecule has 5 unspecified atom stereocenters. The van der Waals surface area contributed by atoms with Gasteiger partial charge in [0.1, 0.15) is 6.10 Å². The third kappa shape index (κ3) is 2.99. The van der Waals surface area contributed by atoms with Crippen LogP contribution in [0.4, 0.5) is 0 Å². The Morgan fingerprint density at radius 3 is 2.52 bits per heavy atom. The number of carbonyl (C=O) groups is 1. The fourth-order valence-corrected chi connectivity index (χ4v) is 10.0. The molecule has 5 bridgehead atoms. The second-order valence-electron chi connectivity index (χ2n) is 12.9. The molecule has 3 saturated heterocycles. The number of piperidine rings is 1. The predicted molar refractivity (Wildman–Crippen MR) is 155 cm³/mol. The number of methoxy groups -OCH3 is 1. The van der Waals surface area contributed by atoms with Crippen molar-refractivity contribution in [1.29, 1.82) is 0 Å². The lowest BCUT2D eigenvalue weighted by Gasteiger charge is -2.67. The number of rotatable bonds is 6. The molecular formula is C35H36N2O5. The number of hydrogen-bond donors (Lipinski definition) is 0. The van der Waals surface area contributed by atoms with E-state index in [9.17, 15) is 4.79 Å². The smallest absolute Gasteiger partial charge is 0.254 e. The lowest BCUT2D eigenvalue weighted by Crippen LogP contribution is -2.77. The quantitative estimate of drug-likeness (QED) is 0.441. The molecule has 1 saturated carbocycles. The molecule has 4 aliphatic heterocycles. The van der Waals surface area contributed by atoms with Gasteiger partial charge < -0.3 is 23.8 Å². The molecule has 216 valence electrons. The van der Waals surface area contributed by atoms with Gasteiger partial charge in [0.15, 0.2) is 24.0 Å². The number of hydrogen-bond acceptors (Lipinski definition) is 6. The lowest BCUT2D eigenvalue weighted by molar-refractivity contribution is -0.259. The van der Waals surface area contributed by atoms with Crippen molar-refractivity contribution in [3.63, 3.8) is 0 Å². The molecule has 0 aromatic heterocycles. The van der Waals surface area contributed by atoms with Crippen LogP contribution in [0.3, 0.4) is 0 Å². The van der Waals surface area contributed by atoms with Gasteiger partial charge in [-0.05, 0) is 61.4 Å². The molecule has 6 atom stereocenters. The molecule has 42 heavy (non-hydrogen) atoms. The number of amides is 1. The summed E-state index contributed by atoms with van der Waals surface area (Å²) >= 11 is 0. The molecule has 1 amide bonds. The molecule has 4 heterocycles. The first kappa shape index (κ1) is 25.1. The van der Waals surface area contributed by atoms with Crippen LogP contribution in [-0.4, -0.2) is 66.2 Å². The number of benzene rings is 3. The second kappa shape index (κ2) is 8.82. The summed E-state index contributed by atoms with van der Waals surface area (Å²) in [6.07, 6.45) is 3.83. The van der Waals surface area contributed by atoms with Crippen molar-refractivity contribution in [1.82, 2.24) is 9.80 Å². The number of ether oxygens (including phenoxy) is 4. The molecule has 0 N–H and O–H groups in total. The minimum atomic E-state index is -0.774. The van der Waals surface area contributed by atoms with E-state index in [0.29, 0.717) is 6.54 Å². The van der Waals surface area contributed by atoms with E-state index in [4.69, 9.17) is 18.9 Å². The van der Waals surface area contributed by atoms with E-state index in [-0.39, 0.29) is 24.7 Å². The average molecular weight is 565 g/mol. The highest BCUT2D eigenvalue weighted by atomic mass is 16.7. The van der Waals surface area contributed by atoms with Crippen LogP contribution in [0.2, 0.25) is 0 Å². The van der Waals surface area contributed by atoms with Gasteiger partial charge in [0.05, 0.1) is 18.6 Å². The van der Waals surface area contributed by atoms with E-state index in [1.807, 2.05) is 29.2 Å². The fraction of sp³-hybridized carbons (Fsp3) is 0.457. The zero-order valence-electron chi connectivity index (χ0n) is 24.0. The predicted octanol–water partition coefficient (Wildman–Crippen LogP) is 4.46. The molecule has 6 aliphatic rings. The summed E-state index contributed by atoms with van der Waals surface area (Å²) < 4.78 is 26.5. The largest absolute Gasteiger partial charge is 0.493 e. The maximum Gasteiger partial charge on any atom is 0.254 e. The summed E-state index contributed by atoms with van der Waals surface area (Å²) in [5.41, 5.74) is 3.31. The van der Waals surface area contributed by atoms with Crippen LogP contribution < -0.4 is 9.47 Å². The highest BCUT2D eigenvalue weighted by Gasteiger charge is 2.84. The van der Waals surface area contributed by atoms with Gasteiger partial charge >= 0.3 is 0 Å². The summed E-state index contributed by atoms with van der Waals surface area (Å²) in [5, 5.41) is 0. The Kier molecular flexibility index (Phi) is 5.28. The first-order chi connectivity index (χ1) is 20.6. The van der Waals surface area contributed by atoms with E-state index < -0.39 is 22.8 Å². The zero-order chi connectivity index (χ0) is 28.1. The molecule has 9 rings (SSSR count). The Labute approximate surface area is 246 Å². The van der Waals surface area contributed by atoms with Crippen LogP contribution >= 0.6 is 0 Å². The molecule has 4 fully saturated rings. The first-order valence-corrected chi connectivity index (χ1v) is 15.4. The van der Waals surface area contributed by atoms with Crippen LogP contribution in [0.5, 0.6) is 11.5 Å². The fourth-order valence-electron chi connectivity index (χ4n) is 10.0. The van der Waals surface area contributed by atoms with Crippen molar-refractivity contribution in [3.8, 4) is 11.5 Å². The van der Waals surface area contributed by atoms with Crippen LogP contribution in [0, 0.1) is 5.92 Å². The molecule has 3 aromatic carbocycles. The second-order valence-corrected chi connectivity index (χ2v) is 12.9. The van der Waals surface area contributed by atoms with Crippen LogP contribution in [0.15, 0.2) is 72.8 Å². The summed E-state index contributed by atoms with van der Waals surface area (Å²) in [5.74, 6) is 1.46. The lowest BCUT2D eigenvalue weighted by atomic mass is 9.45. The van der Waals surface area contributed by atoms with E-state index in [2.05, 4.69) is 53.4 Å². The van der Waals surface area contributed by atoms with Gasteiger partial charge in [0, 0.05) is 30.1 Å². The molecule has 7 heteroatoms. The molecule has 7 nitrogen and oxygen atoms in total. The maximum atomic E-state index is 14.5. The summed E-state index contributed by atoms with van der Waals surface area (Å²) in [7, 11) is 1.70. The van der Waals surface area contributed by atoms with Crippen LogP contribution in [-0.2, 0) is 39.1 Å². The maximum absolute atomic E-state index is 14.5. The van der Waals surface area contributed by atoms with E-state index >= 15 is 0 Å². The number of carbonyl (C=O) groups excluding carboxylic acids is 1. The van der Waals surface area contributed by atoms with Crippen LogP contribution in [0.1, 0.15) is 41.5 Å². The van der Waals surface area contributed by atoms with Gasteiger partial charge in [-0.2, -0.15) is 0 Å². The number of nitrogens with zero attached hydrogens (tertiary/aromatic N) is 2. The Morgan fingerprint density at radius 1 is 0.952 bits per heavy atom. The van der Waals surface area contributed by atoms with Crippen molar-refractivity contribution in [2.75, 3.05) is 27.0 Å². The van der Waals surface area contributed by atoms with Crippen molar-refractivity contribution < 1.29 is 23.7 Å². The molecule has 0 radical (unpaired) electrons. The average Bonchev–Trinajstić information content (AvgIpc) is 3.39. The van der Waals surface area contributed by atoms with Crippen LogP contribution in [0.25, 0.3) is 0 Å². The van der Waals surface area contributed by atoms with Crippen molar-refractivity contribution >= 4 is 5.91 Å². The van der Waals surface area contributed by atoms with E-state index in [0.717, 1.165) is 62.3 Å². The third-order valence-electron chi connectivity index (χ3n) is 11.5. The van der Waals surface area contributed by atoms with Crippen molar-refractivity contribution in [2.24, 2.45) is 5.92 Å². The van der Waals surface area contributed by atoms with Crippen molar-refractivity contribution in [3.05, 3.63) is 95.1 Å².